The second-order valence-electron chi connectivity index (χ2n) is 8.74. The minimum absolute atomic E-state index is 0.0619. The molecule has 10 nitrogen and oxygen atoms in total. The summed E-state index contributed by atoms with van der Waals surface area (Å²) in [6.45, 7) is 3.56. The molecule has 3 aromatic heterocycles. The molecule has 5 rings (SSSR count). The van der Waals surface area contributed by atoms with Crippen molar-refractivity contribution in [2.45, 2.75) is 26.3 Å². The van der Waals surface area contributed by atoms with Gasteiger partial charge in [-0.05, 0) is 55.3 Å². The van der Waals surface area contributed by atoms with E-state index in [9.17, 15) is 23.1 Å². The number of hydrogen-bond acceptors (Lipinski definition) is 8. The molecular weight excluding hydrogens is 515 g/mol. The number of alkyl halides is 3. The van der Waals surface area contributed by atoms with E-state index in [4.69, 9.17) is 5.73 Å². The van der Waals surface area contributed by atoms with Crippen molar-refractivity contribution in [1.82, 2.24) is 24.1 Å². The molecule has 2 aromatic carbocycles. The fourth-order valence-electron chi connectivity index (χ4n) is 4.32. The lowest BCUT2D eigenvalue weighted by Gasteiger charge is -2.21. The molecule has 5 aromatic rings. The summed E-state index contributed by atoms with van der Waals surface area (Å²) < 4.78 is 45.5. The number of rotatable bonds is 6. The highest BCUT2D eigenvalue weighted by atomic mass is 19.4. The van der Waals surface area contributed by atoms with Crippen LogP contribution >= 0.6 is 0 Å². The molecule has 3 heterocycles. The predicted molar refractivity (Wildman–Crippen MR) is 138 cm³/mol. The van der Waals surface area contributed by atoms with Gasteiger partial charge in [0.05, 0.1) is 17.3 Å². The molecule has 0 radical (unpaired) electrons. The van der Waals surface area contributed by atoms with Gasteiger partial charge in [-0.2, -0.15) is 5.10 Å². The summed E-state index contributed by atoms with van der Waals surface area (Å²) >= 11 is 0. The number of ether oxygens (including phenoxy) is 1. The first-order chi connectivity index (χ1) is 18.5. The lowest BCUT2D eigenvalue weighted by molar-refractivity contribution is -0.274. The lowest BCUT2D eigenvalue weighted by Crippen LogP contribution is -2.29. The van der Waals surface area contributed by atoms with Crippen LogP contribution in [0.4, 0.5) is 24.8 Å². The van der Waals surface area contributed by atoms with Gasteiger partial charge in [0.2, 0.25) is 0 Å². The van der Waals surface area contributed by atoms with E-state index >= 15 is 0 Å². The van der Waals surface area contributed by atoms with Crippen molar-refractivity contribution < 1.29 is 23.0 Å². The quantitative estimate of drug-likeness (QED) is 0.286. The number of nitrogen functional groups attached to an aromatic ring is 1. The number of aromatic hydroxyl groups is 1. The highest BCUT2D eigenvalue weighted by Crippen LogP contribution is 2.38. The Morgan fingerprint density at radius 2 is 1.85 bits per heavy atom. The summed E-state index contributed by atoms with van der Waals surface area (Å²) in [5.74, 6) is -0.728. The zero-order valence-corrected chi connectivity index (χ0v) is 20.6. The molecule has 0 aliphatic rings. The Labute approximate surface area is 219 Å². The Morgan fingerprint density at radius 1 is 1.10 bits per heavy atom. The van der Waals surface area contributed by atoms with Crippen molar-refractivity contribution in [2.75, 3.05) is 11.1 Å². The van der Waals surface area contributed by atoms with Crippen LogP contribution in [0, 0.1) is 6.92 Å². The molecule has 200 valence electrons. The summed E-state index contributed by atoms with van der Waals surface area (Å²) in [5.41, 5.74) is 7.79. The number of hydrogen-bond donors (Lipinski definition) is 3. The zero-order chi connectivity index (χ0) is 27.9. The van der Waals surface area contributed by atoms with Crippen molar-refractivity contribution in [3.8, 4) is 28.3 Å². The third kappa shape index (κ3) is 5.06. The molecule has 0 spiro atoms. The number of para-hydroxylation sites is 1. The highest BCUT2D eigenvalue weighted by molar-refractivity contribution is 5.84. The van der Waals surface area contributed by atoms with Crippen LogP contribution in [-0.2, 0) is 0 Å². The molecule has 0 saturated heterocycles. The van der Waals surface area contributed by atoms with Crippen LogP contribution in [0.1, 0.15) is 24.4 Å². The van der Waals surface area contributed by atoms with Crippen molar-refractivity contribution in [3.63, 3.8) is 0 Å². The van der Waals surface area contributed by atoms with Crippen LogP contribution in [-0.4, -0.2) is 35.6 Å². The van der Waals surface area contributed by atoms with E-state index in [0.717, 1.165) is 17.7 Å². The van der Waals surface area contributed by atoms with Gasteiger partial charge in [-0.15, -0.1) is 13.2 Å². The molecule has 0 fully saturated rings. The molecule has 0 aliphatic carbocycles. The van der Waals surface area contributed by atoms with Gasteiger partial charge in [0.15, 0.2) is 5.82 Å². The summed E-state index contributed by atoms with van der Waals surface area (Å²) in [6.07, 6.45) is -2.11. The molecular formula is C26H22F3N7O3. The molecule has 0 amide bonds. The van der Waals surface area contributed by atoms with Crippen LogP contribution in [0.25, 0.3) is 22.3 Å². The number of aryl methyl sites for hydroxylation is 1. The second-order valence-corrected chi connectivity index (χ2v) is 8.74. The van der Waals surface area contributed by atoms with E-state index in [-0.39, 0.29) is 28.3 Å². The third-order valence-electron chi connectivity index (χ3n) is 5.96. The molecule has 0 aliphatic heterocycles. The maximum Gasteiger partial charge on any atom is 0.573 e. The topological polar surface area (TPSA) is 133 Å². The molecule has 13 heteroatoms. The Kier molecular flexibility index (Phi) is 6.34. The summed E-state index contributed by atoms with van der Waals surface area (Å²) in [4.78, 5) is 21.8. The number of nitrogens with two attached hydrogens (primary N) is 1. The fourth-order valence-corrected chi connectivity index (χ4v) is 4.32. The van der Waals surface area contributed by atoms with Crippen molar-refractivity contribution >= 4 is 17.2 Å². The van der Waals surface area contributed by atoms with Gasteiger partial charge in [0.25, 0.3) is 5.56 Å². The third-order valence-corrected chi connectivity index (χ3v) is 5.96. The van der Waals surface area contributed by atoms with Gasteiger partial charge in [-0.3, -0.25) is 9.36 Å². The number of aromatic nitrogens is 5. The number of anilines is 2. The first kappa shape index (κ1) is 25.6. The number of benzene rings is 2. The standard InChI is InChI=1S/C26H22F3N7O3/c1-14-8-9-35-21(14)25(38)36(17-6-4-3-5-7-17)24(34-35)15(2)33-23-20(22(30)31-13-32-23)16-10-18(37)12-19(11-16)39-26(27,28)29/h3-13,15,37H,1-2H3,(H3,30,31,32,33)/t15-/m0/s1. The summed E-state index contributed by atoms with van der Waals surface area (Å²) in [7, 11) is 0. The number of phenolic OH excluding ortho intramolecular Hbond substituents is 1. The number of halogens is 3. The molecule has 1 atom stereocenters. The van der Waals surface area contributed by atoms with E-state index in [2.05, 4.69) is 25.1 Å². The largest absolute Gasteiger partial charge is 0.573 e. The minimum atomic E-state index is -4.97. The number of fused-ring (bicyclic) bond motifs is 1. The predicted octanol–water partition coefficient (Wildman–Crippen LogP) is 4.61. The zero-order valence-electron chi connectivity index (χ0n) is 20.6. The van der Waals surface area contributed by atoms with Gasteiger partial charge >= 0.3 is 6.36 Å². The fraction of sp³-hybridized carbons (Fsp3) is 0.154. The molecule has 0 saturated carbocycles. The number of phenols is 1. The van der Waals surface area contributed by atoms with Crippen LogP contribution < -0.4 is 21.3 Å². The first-order valence-corrected chi connectivity index (χ1v) is 11.7. The van der Waals surface area contributed by atoms with Gasteiger partial charge in [0.1, 0.15) is 35.0 Å². The van der Waals surface area contributed by atoms with Gasteiger partial charge in [0, 0.05) is 12.3 Å². The summed E-state index contributed by atoms with van der Waals surface area (Å²) in [5, 5.41) is 17.9. The second kappa shape index (κ2) is 9.67. The van der Waals surface area contributed by atoms with E-state index in [1.54, 1.807) is 43.5 Å². The first-order valence-electron chi connectivity index (χ1n) is 11.7. The van der Waals surface area contributed by atoms with E-state index in [0.29, 0.717) is 17.0 Å². The van der Waals surface area contributed by atoms with Crippen molar-refractivity contribution in [3.05, 3.63) is 88.9 Å². The van der Waals surface area contributed by atoms with E-state index in [1.807, 2.05) is 13.0 Å². The van der Waals surface area contributed by atoms with E-state index in [1.165, 1.54) is 21.5 Å². The number of nitrogens with zero attached hydrogens (tertiary/aromatic N) is 5. The average molecular weight is 538 g/mol. The Bertz CT molecular complexity index is 1730. The smallest absolute Gasteiger partial charge is 0.508 e. The molecule has 0 bridgehead atoms. The minimum Gasteiger partial charge on any atom is -0.508 e. The van der Waals surface area contributed by atoms with Gasteiger partial charge in [-0.25, -0.2) is 14.5 Å². The molecule has 0 unspecified atom stereocenters. The van der Waals surface area contributed by atoms with Crippen LogP contribution in [0.15, 0.2) is 71.9 Å². The number of nitrogens with one attached hydrogen (secondary N) is 1. The molecule has 39 heavy (non-hydrogen) atoms. The van der Waals surface area contributed by atoms with Crippen LogP contribution in [0.3, 0.4) is 0 Å². The maximum absolute atomic E-state index is 13.6. The summed E-state index contributed by atoms with van der Waals surface area (Å²) in [6, 6.07) is 13.2. The van der Waals surface area contributed by atoms with E-state index < -0.39 is 23.9 Å². The van der Waals surface area contributed by atoms with Crippen LogP contribution in [0.5, 0.6) is 11.5 Å². The lowest BCUT2D eigenvalue weighted by atomic mass is 10.1. The normalized spacial score (nSPS) is 12.4. The highest BCUT2D eigenvalue weighted by Gasteiger charge is 2.32. The van der Waals surface area contributed by atoms with Crippen molar-refractivity contribution in [2.24, 2.45) is 0 Å². The van der Waals surface area contributed by atoms with Crippen molar-refractivity contribution in [1.29, 1.82) is 0 Å². The van der Waals surface area contributed by atoms with Gasteiger partial charge in [-0.1, -0.05) is 18.2 Å². The molecule has 4 N–H and O–H groups in total. The SMILES string of the molecule is Cc1ccn2nc([C@H](C)Nc3ncnc(N)c3-c3cc(O)cc(OC(F)(F)F)c3)n(-c3ccccc3)c(=O)c12. The Morgan fingerprint density at radius 3 is 2.56 bits per heavy atom. The maximum atomic E-state index is 13.6. The Balaban J connectivity index is 1.62. The monoisotopic (exact) mass is 537 g/mol. The van der Waals surface area contributed by atoms with Crippen LogP contribution in [0.2, 0.25) is 0 Å². The average Bonchev–Trinajstić information content (AvgIpc) is 3.24. The van der Waals surface area contributed by atoms with Gasteiger partial charge < -0.3 is 20.9 Å². The Hall–Kier alpha value is -5.07.